The first kappa shape index (κ1) is 14.2. The van der Waals surface area contributed by atoms with Gasteiger partial charge in [-0.2, -0.15) is 0 Å². The lowest BCUT2D eigenvalue weighted by Gasteiger charge is -2.20. The molecule has 2 aromatic heterocycles. The number of aryl methyl sites for hydroxylation is 1. The number of imidazole rings is 1. The zero-order chi connectivity index (χ0) is 14.9. The lowest BCUT2D eigenvalue weighted by molar-refractivity contribution is 0.00597. The third kappa shape index (κ3) is 2.87. The summed E-state index contributed by atoms with van der Waals surface area (Å²) in [5.41, 5.74) is 1.40. The molecule has 2 heterocycles. The van der Waals surface area contributed by atoms with Crippen LogP contribution in [0, 0.1) is 6.92 Å². The Morgan fingerprint density at radius 3 is 2.40 bits per heavy atom. The Bertz CT molecular complexity index is 625. The van der Waals surface area contributed by atoms with Crippen LogP contribution in [0.15, 0.2) is 24.5 Å². The van der Waals surface area contributed by atoms with Gasteiger partial charge in [0, 0.05) is 25.0 Å². The van der Waals surface area contributed by atoms with Crippen LogP contribution < -0.4 is 0 Å². The molecule has 5 nitrogen and oxygen atoms in total. The molecule has 5 heteroatoms. The molecule has 0 aliphatic heterocycles. The lowest BCUT2D eigenvalue weighted by atomic mass is 10.1. The van der Waals surface area contributed by atoms with E-state index in [9.17, 15) is 4.79 Å². The molecule has 106 valence electrons. The van der Waals surface area contributed by atoms with E-state index in [-0.39, 0.29) is 5.97 Å². The van der Waals surface area contributed by atoms with Gasteiger partial charge in [0.15, 0.2) is 5.69 Å². The number of pyridine rings is 1. The number of carbonyl (C=O) groups is 1. The van der Waals surface area contributed by atoms with Gasteiger partial charge in [-0.25, -0.2) is 9.78 Å². The molecule has 0 unspecified atom stereocenters. The Balaban J connectivity index is 2.50. The van der Waals surface area contributed by atoms with E-state index in [4.69, 9.17) is 4.74 Å². The van der Waals surface area contributed by atoms with Crippen LogP contribution in [0.2, 0.25) is 0 Å². The van der Waals surface area contributed by atoms with Gasteiger partial charge < -0.3 is 9.30 Å². The molecule has 20 heavy (non-hydrogen) atoms. The van der Waals surface area contributed by atoms with Crippen molar-refractivity contribution in [3.63, 3.8) is 0 Å². The van der Waals surface area contributed by atoms with E-state index in [0.717, 1.165) is 11.4 Å². The zero-order valence-corrected chi connectivity index (χ0v) is 12.5. The molecule has 0 aliphatic rings. The standard InChI is InChI=1S/C15H19N3O2/c1-10-17-12(11-6-8-16-9-7-11)13(18(10)5)14(19)20-15(2,3)4/h6-9H,1-5H3. The first-order valence-corrected chi connectivity index (χ1v) is 6.46. The van der Waals surface area contributed by atoms with Crippen molar-refractivity contribution in [1.29, 1.82) is 0 Å². The number of esters is 1. The van der Waals surface area contributed by atoms with Gasteiger partial charge in [-0.1, -0.05) is 0 Å². The first-order valence-electron chi connectivity index (χ1n) is 6.46. The Morgan fingerprint density at radius 1 is 1.25 bits per heavy atom. The quantitative estimate of drug-likeness (QED) is 0.789. The summed E-state index contributed by atoms with van der Waals surface area (Å²) < 4.78 is 7.22. The van der Waals surface area contributed by atoms with Crippen molar-refractivity contribution in [3.05, 3.63) is 36.0 Å². The van der Waals surface area contributed by atoms with Gasteiger partial charge in [-0.05, 0) is 39.8 Å². The maximum atomic E-state index is 12.4. The van der Waals surface area contributed by atoms with Gasteiger partial charge in [0.1, 0.15) is 17.1 Å². The molecule has 2 rings (SSSR count). The fourth-order valence-corrected chi connectivity index (χ4v) is 1.88. The highest BCUT2D eigenvalue weighted by Crippen LogP contribution is 2.25. The fourth-order valence-electron chi connectivity index (χ4n) is 1.88. The van der Waals surface area contributed by atoms with E-state index in [1.54, 1.807) is 17.0 Å². The second-order valence-corrected chi connectivity index (χ2v) is 5.65. The number of hydrogen-bond acceptors (Lipinski definition) is 4. The van der Waals surface area contributed by atoms with Crippen LogP contribution >= 0.6 is 0 Å². The van der Waals surface area contributed by atoms with Crippen LogP contribution in [0.1, 0.15) is 37.1 Å². The van der Waals surface area contributed by atoms with Gasteiger partial charge in [0.05, 0.1) is 0 Å². The number of nitrogens with zero attached hydrogens (tertiary/aromatic N) is 3. The van der Waals surface area contributed by atoms with Crippen LogP contribution in [0.5, 0.6) is 0 Å². The SMILES string of the molecule is Cc1nc(-c2ccncc2)c(C(=O)OC(C)(C)C)n1C. The third-order valence-electron chi connectivity index (χ3n) is 2.86. The predicted octanol–water partition coefficient (Wildman–Crippen LogP) is 2.75. The predicted molar refractivity (Wildman–Crippen MR) is 76.3 cm³/mol. The summed E-state index contributed by atoms with van der Waals surface area (Å²) in [6.45, 7) is 7.40. The summed E-state index contributed by atoms with van der Waals surface area (Å²) in [6.07, 6.45) is 3.36. The fraction of sp³-hybridized carbons (Fsp3) is 0.400. The van der Waals surface area contributed by atoms with Crippen LogP contribution in [0.25, 0.3) is 11.3 Å². The Kier molecular flexibility index (Phi) is 3.61. The normalized spacial score (nSPS) is 11.4. The third-order valence-corrected chi connectivity index (χ3v) is 2.86. The highest BCUT2D eigenvalue weighted by atomic mass is 16.6. The molecule has 0 atom stereocenters. The van der Waals surface area contributed by atoms with Gasteiger partial charge in [-0.15, -0.1) is 0 Å². The van der Waals surface area contributed by atoms with E-state index < -0.39 is 5.60 Å². The number of hydrogen-bond donors (Lipinski definition) is 0. The van der Waals surface area contributed by atoms with Crippen molar-refractivity contribution in [1.82, 2.24) is 14.5 Å². The molecular weight excluding hydrogens is 254 g/mol. The summed E-state index contributed by atoms with van der Waals surface area (Å²) in [6, 6.07) is 3.66. The average Bonchev–Trinajstić information content (AvgIpc) is 2.65. The number of carbonyl (C=O) groups excluding carboxylic acids is 1. The van der Waals surface area contributed by atoms with Crippen molar-refractivity contribution in [2.24, 2.45) is 7.05 Å². The van der Waals surface area contributed by atoms with E-state index in [0.29, 0.717) is 11.4 Å². The highest BCUT2D eigenvalue weighted by Gasteiger charge is 2.25. The van der Waals surface area contributed by atoms with E-state index in [1.807, 2.05) is 46.9 Å². The number of rotatable bonds is 2. The minimum atomic E-state index is -0.537. The molecule has 0 fully saturated rings. The van der Waals surface area contributed by atoms with Gasteiger partial charge in [0.2, 0.25) is 0 Å². The Labute approximate surface area is 118 Å². The molecule has 0 amide bonds. The van der Waals surface area contributed by atoms with Crippen molar-refractivity contribution in [3.8, 4) is 11.3 Å². The maximum absolute atomic E-state index is 12.4. The van der Waals surface area contributed by atoms with Crippen LogP contribution in [0.3, 0.4) is 0 Å². The molecule has 0 bridgehead atoms. The zero-order valence-electron chi connectivity index (χ0n) is 12.5. The van der Waals surface area contributed by atoms with Crippen LogP contribution in [0.4, 0.5) is 0 Å². The summed E-state index contributed by atoms with van der Waals surface area (Å²) >= 11 is 0. The number of ether oxygens (including phenoxy) is 1. The van der Waals surface area contributed by atoms with E-state index >= 15 is 0 Å². The largest absolute Gasteiger partial charge is 0.455 e. The minimum absolute atomic E-state index is 0.368. The van der Waals surface area contributed by atoms with Crippen molar-refractivity contribution >= 4 is 5.97 Å². The summed E-state index contributed by atoms with van der Waals surface area (Å²) in [5, 5.41) is 0. The Morgan fingerprint density at radius 2 is 1.85 bits per heavy atom. The lowest BCUT2D eigenvalue weighted by Crippen LogP contribution is -2.25. The smallest absolute Gasteiger partial charge is 0.357 e. The van der Waals surface area contributed by atoms with Crippen molar-refractivity contribution in [2.75, 3.05) is 0 Å². The summed E-state index contributed by atoms with van der Waals surface area (Å²) in [4.78, 5) is 20.8. The summed E-state index contributed by atoms with van der Waals surface area (Å²) in [7, 11) is 1.81. The molecule has 0 aromatic carbocycles. The number of aromatic nitrogens is 3. The molecule has 0 aliphatic carbocycles. The second-order valence-electron chi connectivity index (χ2n) is 5.65. The van der Waals surface area contributed by atoms with Gasteiger partial charge in [0.25, 0.3) is 0 Å². The van der Waals surface area contributed by atoms with Crippen LogP contribution in [-0.4, -0.2) is 26.1 Å². The minimum Gasteiger partial charge on any atom is -0.455 e. The molecule has 0 radical (unpaired) electrons. The van der Waals surface area contributed by atoms with Crippen LogP contribution in [-0.2, 0) is 11.8 Å². The van der Waals surface area contributed by atoms with Gasteiger partial charge in [-0.3, -0.25) is 4.98 Å². The molecule has 2 aromatic rings. The second kappa shape index (κ2) is 5.07. The highest BCUT2D eigenvalue weighted by molar-refractivity contribution is 5.95. The monoisotopic (exact) mass is 273 g/mol. The maximum Gasteiger partial charge on any atom is 0.357 e. The topological polar surface area (TPSA) is 57.0 Å². The molecule has 0 saturated carbocycles. The van der Waals surface area contributed by atoms with Gasteiger partial charge >= 0.3 is 5.97 Å². The Hall–Kier alpha value is -2.17. The molecule has 0 saturated heterocycles. The van der Waals surface area contributed by atoms with Crippen molar-refractivity contribution in [2.45, 2.75) is 33.3 Å². The van der Waals surface area contributed by atoms with E-state index in [1.165, 1.54) is 0 Å². The average molecular weight is 273 g/mol. The molecular formula is C15H19N3O2. The molecule has 0 N–H and O–H groups in total. The summed E-state index contributed by atoms with van der Waals surface area (Å²) in [5.74, 6) is 0.394. The van der Waals surface area contributed by atoms with Crippen molar-refractivity contribution < 1.29 is 9.53 Å². The van der Waals surface area contributed by atoms with E-state index in [2.05, 4.69) is 9.97 Å². The molecule has 0 spiro atoms. The first-order chi connectivity index (χ1) is 9.29.